The maximum atomic E-state index is 11.9. The Kier molecular flexibility index (Phi) is 5.48. The van der Waals surface area contributed by atoms with Gasteiger partial charge in [-0.3, -0.25) is 13.9 Å². The first-order valence-electron chi connectivity index (χ1n) is 7.14. The van der Waals surface area contributed by atoms with Crippen LogP contribution in [0.1, 0.15) is 19.8 Å². The van der Waals surface area contributed by atoms with Crippen LogP contribution in [0.2, 0.25) is 5.02 Å². The number of carbonyl (C=O) groups excluding carboxylic acids is 2. The van der Waals surface area contributed by atoms with Crippen LogP contribution in [-0.4, -0.2) is 39.1 Å². The first kappa shape index (κ1) is 17.6. The van der Waals surface area contributed by atoms with Gasteiger partial charge in [0.2, 0.25) is 21.8 Å². The number of hydrogen-bond donors (Lipinski definition) is 2. The van der Waals surface area contributed by atoms with Gasteiger partial charge in [0.15, 0.2) is 0 Å². The van der Waals surface area contributed by atoms with Gasteiger partial charge < -0.3 is 10.6 Å². The number of halogens is 1. The molecule has 1 aliphatic rings. The molecule has 1 aromatic rings. The van der Waals surface area contributed by atoms with Crippen LogP contribution in [0.5, 0.6) is 0 Å². The molecule has 0 aromatic heterocycles. The van der Waals surface area contributed by atoms with Crippen LogP contribution in [0.15, 0.2) is 18.2 Å². The lowest BCUT2D eigenvalue weighted by Crippen LogP contribution is -2.26. The molecule has 1 aliphatic heterocycles. The topological polar surface area (TPSA) is 95.6 Å². The Bertz CT molecular complexity index is 721. The van der Waals surface area contributed by atoms with E-state index in [4.69, 9.17) is 11.6 Å². The van der Waals surface area contributed by atoms with Gasteiger partial charge in [0.05, 0.1) is 16.5 Å². The van der Waals surface area contributed by atoms with Crippen LogP contribution < -0.4 is 14.9 Å². The minimum absolute atomic E-state index is 0.116. The average Bonchev–Trinajstić information content (AvgIpc) is 2.78. The summed E-state index contributed by atoms with van der Waals surface area (Å²) >= 11 is 6.15. The van der Waals surface area contributed by atoms with Gasteiger partial charge in [-0.25, -0.2) is 8.42 Å². The Balaban J connectivity index is 2.02. The van der Waals surface area contributed by atoms with E-state index in [-0.39, 0.29) is 35.6 Å². The van der Waals surface area contributed by atoms with E-state index >= 15 is 0 Å². The lowest BCUT2D eigenvalue weighted by molar-refractivity contribution is -0.119. The van der Waals surface area contributed by atoms with Gasteiger partial charge in [-0.1, -0.05) is 11.6 Å². The maximum Gasteiger partial charge on any atom is 0.235 e. The molecule has 126 valence electrons. The highest BCUT2D eigenvalue weighted by atomic mass is 35.5. The molecule has 2 rings (SSSR count). The van der Waals surface area contributed by atoms with Crippen molar-refractivity contribution in [2.45, 2.75) is 19.8 Å². The molecule has 1 saturated heterocycles. The van der Waals surface area contributed by atoms with E-state index in [9.17, 15) is 18.0 Å². The van der Waals surface area contributed by atoms with Gasteiger partial charge in [0, 0.05) is 32.1 Å². The third-order valence-electron chi connectivity index (χ3n) is 3.33. The van der Waals surface area contributed by atoms with Gasteiger partial charge in [0.1, 0.15) is 0 Å². The van der Waals surface area contributed by atoms with Crippen molar-refractivity contribution in [1.82, 2.24) is 5.32 Å². The van der Waals surface area contributed by atoms with Crippen LogP contribution in [0, 0.1) is 0 Å². The van der Waals surface area contributed by atoms with Gasteiger partial charge >= 0.3 is 0 Å². The van der Waals surface area contributed by atoms with Crippen molar-refractivity contribution in [2.75, 3.05) is 28.5 Å². The van der Waals surface area contributed by atoms with Gasteiger partial charge in [-0.05, 0) is 24.6 Å². The quantitative estimate of drug-likeness (QED) is 0.829. The smallest absolute Gasteiger partial charge is 0.235 e. The Labute approximate surface area is 140 Å². The molecular formula is C14H18ClN3O4S. The molecule has 0 unspecified atom stereocenters. The summed E-state index contributed by atoms with van der Waals surface area (Å²) in [6.45, 7) is 2.03. The molecule has 2 amide bonds. The van der Waals surface area contributed by atoms with Crippen molar-refractivity contribution in [3.05, 3.63) is 23.2 Å². The molecule has 0 atom stereocenters. The summed E-state index contributed by atoms with van der Waals surface area (Å²) in [5.74, 6) is -0.348. The van der Waals surface area contributed by atoms with E-state index in [1.54, 1.807) is 12.1 Å². The molecule has 0 spiro atoms. The summed E-state index contributed by atoms with van der Waals surface area (Å²) in [5.41, 5.74) is 0.892. The molecule has 0 radical (unpaired) electrons. The monoisotopic (exact) mass is 359 g/mol. The molecule has 2 N–H and O–H groups in total. The van der Waals surface area contributed by atoms with E-state index in [0.717, 1.165) is 0 Å². The van der Waals surface area contributed by atoms with E-state index < -0.39 is 10.0 Å². The highest BCUT2D eigenvalue weighted by Gasteiger charge is 2.29. The molecular weight excluding hydrogens is 342 g/mol. The molecule has 23 heavy (non-hydrogen) atoms. The first-order valence-corrected chi connectivity index (χ1v) is 9.12. The molecule has 1 fully saturated rings. The third-order valence-corrected chi connectivity index (χ3v) is 5.48. The van der Waals surface area contributed by atoms with Crippen molar-refractivity contribution < 1.29 is 18.0 Å². The van der Waals surface area contributed by atoms with Gasteiger partial charge in [-0.15, -0.1) is 0 Å². The van der Waals surface area contributed by atoms with Crippen molar-refractivity contribution in [3.63, 3.8) is 0 Å². The standard InChI is InChI=1S/C14H18ClN3O4S/c1-10(19)16-6-5-14(20)17-11-3-4-13(12(15)9-11)18-7-2-8-23(18,21)22/h3-4,9H,2,5-8H2,1H3,(H,16,19)(H,17,20). The molecule has 0 aliphatic carbocycles. The molecule has 7 nitrogen and oxygen atoms in total. The predicted molar refractivity (Wildman–Crippen MR) is 89.1 cm³/mol. The molecule has 1 aromatic carbocycles. The zero-order valence-electron chi connectivity index (χ0n) is 12.6. The number of nitrogens with zero attached hydrogens (tertiary/aromatic N) is 1. The number of anilines is 2. The van der Waals surface area contributed by atoms with Crippen molar-refractivity contribution in [1.29, 1.82) is 0 Å². The normalized spacial score (nSPS) is 16.2. The Morgan fingerprint density at radius 1 is 1.35 bits per heavy atom. The second-order valence-electron chi connectivity index (χ2n) is 5.19. The van der Waals surface area contributed by atoms with Crippen molar-refractivity contribution >= 4 is 44.8 Å². The van der Waals surface area contributed by atoms with Crippen LogP contribution in [0.25, 0.3) is 0 Å². The Hall–Kier alpha value is -1.80. The Morgan fingerprint density at radius 2 is 2.09 bits per heavy atom. The fourth-order valence-electron chi connectivity index (χ4n) is 2.27. The minimum Gasteiger partial charge on any atom is -0.356 e. The summed E-state index contributed by atoms with van der Waals surface area (Å²) in [6, 6.07) is 4.70. The van der Waals surface area contributed by atoms with Crippen LogP contribution >= 0.6 is 11.6 Å². The number of hydrogen-bond acceptors (Lipinski definition) is 4. The fourth-order valence-corrected chi connectivity index (χ4v) is 4.19. The molecule has 0 bridgehead atoms. The van der Waals surface area contributed by atoms with Gasteiger partial charge in [0.25, 0.3) is 0 Å². The van der Waals surface area contributed by atoms with Gasteiger partial charge in [-0.2, -0.15) is 0 Å². The third kappa shape index (κ3) is 4.59. The number of amides is 2. The minimum atomic E-state index is -3.30. The largest absolute Gasteiger partial charge is 0.356 e. The average molecular weight is 360 g/mol. The summed E-state index contributed by atoms with van der Waals surface area (Å²) in [7, 11) is -3.30. The zero-order valence-corrected chi connectivity index (χ0v) is 14.2. The number of benzene rings is 1. The summed E-state index contributed by atoms with van der Waals surface area (Å²) in [4.78, 5) is 22.5. The predicted octanol–water partition coefficient (Wildman–Crippen LogP) is 1.34. The number of nitrogens with one attached hydrogen (secondary N) is 2. The summed E-state index contributed by atoms with van der Waals surface area (Å²) < 4.78 is 25.1. The second-order valence-corrected chi connectivity index (χ2v) is 7.61. The van der Waals surface area contributed by atoms with Crippen LogP contribution in [0.3, 0.4) is 0 Å². The number of sulfonamides is 1. The lowest BCUT2D eigenvalue weighted by Gasteiger charge is -2.19. The lowest BCUT2D eigenvalue weighted by atomic mass is 10.2. The highest BCUT2D eigenvalue weighted by Crippen LogP contribution is 2.33. The second kappa shape index (κ2) is 7.18. The summed E-state index contributed by atoms with van der Waals surface area (Å²) in [6.07, 6.45) is 0.708. The van der Waals surface area contributed by atoms with E-state index in [1.807, 2.05) is 0 Å². The SMILES string of the molecule is CC(=O)NCCC(=O)Nc1ccc(N2CCCS2(=O)=O)c(Cl)c1. The van der Waals surface area contributed by atoms with Crippen molar-refractivity contribution in [2.24, 2.45) is 0 Å². The maximum absolute atomic E-state index is 11.9. The highest BCUT2D eigenvalue weighted by molar-refractivity contribution is 7.93. The van der Waals surface area contributed by atoms with Crippen molar-refractivity contribution in [3.8, 4) is 0 Å². The number of rotatable bonds is 5. The van der Waals surface area contributed by atoms with Crippen LogP contribution in [-0.2, 0) is 19.6 Å². The Morgan fingerprint density at radius 3 is 2.65 bits per heavy atom. The summed E-state index contributed by atoms with van der Waals surface area (Å²) in [5, 5.41) is 5.44. The first-order chi connectivity index (χ1) is 10.8. The van der Waals surface area contributed by atoms with E-state index in [1.165, 1.54) is 17.3 Å². The molecule has 0 saturated carbocycles. The van der Waals surface area contributed by atoms with E-state index in [2.05, 4.69) is 10.6 Å². The fraction of sp³-hybridized carbons (Fsp3) is 0.429. The number of carbonyl (C=O) groups is 2. The molecule has 9 heteroatoms. The molecule has 1 heterocycles. The van der Waals surface area contributed by atoms with Crippen LogP contribution in [0.4, 0.5) is 11.4 Å². The van der Waals surface area contributed by atoms with E-state index in [0.29, 0.717) is 24.3 Å². The zero-order chi connectivity index (χ0) is 17.0.